The fourth-order valence-electron chi connectivity index (χ4n) is 0.834. The summed E-state index contributed by atoms with van der Waals surface area (Å²) < 4.78 is 21.7. The summed E-state index contributed by atoms with van der Waals surface area (Å²) in [4.78, 5) is 14.0. The monoisotopic (exact) mass is 214 g/mol. The van der Waals surface area contributed by atoms with Crippen LogP contribution in [-0.4, -0.2) is 19.3 Å². The Morgan fingerprint density at radius 3 is 2.64 bits per heavy atom. The molecule has 14 heavy (non-hydrogen) atoms. The van der Waals surface area contributed by atoms with Gasteiger partial charge in [0, 0.05) is 6.20 Å². The van der Waals surface area contributed by atoms with Gasteiger partial charge in [0.25, 0.3) is 10.0 Å². The molecule has 4 N–H and O–H groups in total. The lowest BCUT2D eigenvalue weighted by Crippen LogP contribution is -2.15. The normalized spacial score (nSPS) is 11.2. The summed E-state index contributed by atoms with van der Waals surface area (Å²) in [6.07, 6.45) is 2.31. The van der Waals surface area contributed by atoms with Crippen LogP contribution < -0.4 is 10.9 Å². The van der Waals surface area contributed by atoms with E-state index >= 15 is 0 Å². The molecule has 1 amide bonds. The Hall–Kier alpha value is -1.47. The number of nitrogens with two attached hydrogens (primary N) is 2. The quantitative estimate of drug-likeness (QED) is 0.654. The molecule has 7 heteroatoms. The van der Waals surface area contributed by atoms with Crippen LogP contribution in [0.2, 0.25) is 0 Å². The third-order valence-electron chi connectivity index (χ3n) is 1.36. The predicted molar refractivity (Wildman–Crippen MR) is 48.2 cm³/mol. The van der Waals surface area contributed by atoms with Crippen molar-refractivity contribution in [1.29, 1.82) is 0 Å². The molecule has 0 atom stereocenters. The number of carbonyl (C=O) groups is 1. The molecule has 0 aliphatic rings. The third kappa shape index (κ3) is 2.79. The molecule has 0 saturated carbocycles. The van der Waals surface area contributed by atoms with Crippen molar-refractivity contribution in [3.8, 4) is 0 Å². The summed E-state index contributed by atoms with van der Waals surface area (Å²) in [5.74, 6) is -0.670. The lowest BCUT2D eigenvalue weighted by molar-refractivity contribution is -0.114. The second-order valence-electron chi connectivity index (χ2n) is 2.52. The van der Waals surface area contributed by atoms with E-state index in [4.69, 9.17) is 10.9 Å². The Morgan fingerprint density at radius 1 is 1.50 bits per heavy atom. The van der Waals surface area contributed by atoms with Gasteiger partial charge in [-0.2, -0.15) is 0 Å². The molecular formula is C7H8N3O3S. The van der Waals surface area contributed by atoms with Crippen LogP contribution in [0.25, 0.3) is 0 Å². The number of hydrogen-bond acceptors (Lipinski definition) is 4. The van der Waals surface area contributed by atoms with Crippen molar-refractivity contribution >= 4 is 15.9 Å². The number of nitrogens with zero attached hydrogens (tertiary/aromatic N) is 1. The first-order valence-corrected chi connectivity index (χ1v) is 5.07. The van der Waals surface area contributed by atoms with E-state index in [1.54, 1.807) is 0 Å². The van der Waals surface area contributed by atoms with E-state index in [2.05, 4.69) is 4.98 Å². The van der Waals surface area contributed by atoms with E-state index < -0.39 is 15.9 Å². The number of amides is 1. The average molecular weight is 214 g/mol. The highest BCUT2D eigenvalue weighted by atomic mass is 32.2. The Morgan fingerprint density at radius 2 is 2.14 bits per heavy atom. The maximum Gasteiger partial charge on any atom is 0.255 e. The van der Waals surface area contributed by atoms with Gasteiger partial charge in [-0.15, -0.1) is 0 Å². The number of pyridine rings is 1. The molecule has 1 aromatic rings. The molecule has 0 aliphatic heterocycles. The van der Waals surface area contributed by atoms with Gasteiger partial charge in [0.15, 0.2) is 5.03 Å². The second-order valence-corrected chi connectivity index (χ2v) is 4.03. The van der Waals surface area contributed by atoms with E-state index in [1.807, 2.05) is 0 Å². The second kappa shape index (κ2) is 3.72. The molecule has 1 heterocycles. The lowest BCUT2D eigenvalue weighted by Gasteiger charge is -1.99. The third-order valence-corrected chi connectivity index (χ3v) is 2.17. The maximum atomic E-state index is 10.9. The highest BCUT2D eigenvalue weighted by molar-refractivity contribution is 7.89. The highest BCUT2D eigenvalue weighted by Gasteiger charge is 2.10. The zero-order valence-electron chi connectivity index (χ0n) is 7.04. The Labute approximate surface area is 81.0 Å². The molecule has 0 fully saturated rings. The average Bonchev–Trinajstić information content (AvgIpc) is 2.01. The molecule has 75 valence electrons. The number of hydrogen-bond donors (Lipinski definition) is 2. The van der Waals surface area contributed by atoms with E-state index in [0.29, 0.717) is 5.56 Å². The Kier molecular flexibility index (Phi) is 2.82. The molecule has 0 aromatic carbocycles. The summed E-state index contributed by atoms with van der Waals surface area (Å²) in [6, 6.07) is 2.61. The SMILES string of the molecule is NC(=O)[CH]c1ccnc(S(N)(=O)=O)c1. The molecule has 0 unspecified atom stereocenters. The summed E-state index contributed by atoms with van der Waals surface area (Å²) in [5.41, 5.74) is 5.23. The molecule has 0 aliphatic carbocycles. The van der Waals surface area contributed by atoms with Gasteiger partial charge in [-0.3, -0.25) is 4.79 Å². The molecule has 1 rings (SSSR count). The van der Waals surface area contributed by atoms with E-state index in [-0.39, 0.29) is 5.03 Å². The van der Waals surface area contributed by atoms with Crippen molar-refractivity contribution in [2.75, 3.05) is 0 Å². The summed E-state index contributed by atoms with van der Waals surface area (Å²) in [7, 11) is -3.84. The zero-order valence-corrected chi connectivity index (χ0v) is 7.86. The fraction of sp³-hybridized carbons (Fsp3) is 0. The van der Waals surface area contributed by atoms with E-state index in [9.17, 15) is 13.2 Å². The van der Waals surface area contributed by atoms with Gasteiger partial charge >= 0.3 is 0 Å². The van der Waals surface area contributed by atoms with Crippen LogP contribution in [0.5, 0.6) is 0 Å². The number of primary amides is 1. The molecule has 1 aromatic heterocycles. The number of carbonyl (C=O) groups excluding carboxylic acids is 1. The van der Waals surface area contributed by atoms with Gasteiger partial charge in [0.2, 0.25) is 5.91 Å². The minimum absolute atomic E-state index is 0.299. The van der Waals surface area contributed by atoms with Crippen molar-refractivity contribution in [2.45, 2.75) is 5.03 Å². The van der Waals surface area contributed by atoms with Gasteiger partial charge in [0.05, 0.1) is 6.42 Å². The number of aromatic nitrogens is 1. The minimum atomic E-state index is -3.84. The van der Waals surface area contributed by atoms with Crippen LogP contribution in [0.1, 0.15) is 5.56 Å². The van der Waals surface area contributed by atoms with Crippen LogP contribution in [-0.2, 0) is 14.8 Å². The van der Waals surface area contributed by atoms with Gasteiger partial charge in [-0.05, 0) is 17.7 Å². The van der Waals surface area contributed by atoms with Gasteiger partial charge in [-0.25, -0.2) is 18.5 Å². The van der Waals surface area contributed by atoms with E-state index in [1.165, 1.54) is 18.3 Å². The van der Waals surface area contributed by atoms with Crippen LogP contribution >= 0.6 is 0 Å². The molecule has 6 nitrogen and oxygen atoms in total. The smallest absolute Gasteiger partial charge is 0.255 e. The van der Waals surface area contributed by atoms with Crippen LogP contribution in [0.4, 0.5) is 0 Å². The topological polar surface area (TPSA) is 116 Å². The first-order valence-electron chi connectivity index (χ1n) is 3.52. The minimum Gasteiger partial charge on any atom is -0.369 e. The van der Waals surface area contributed by atoms with Gasteiger partial charge < -0.3 is 5.73 Å². The van der Waals surface area contributed by atoms with Crippen LogP contribution in [0, 0.1) is 6.42 Å². The molecule has 0 saturated heterocycles. The standard InChI is InChI=1S/C7H8N3O3S/c8-6(11)3-5-1-2-10-7(4-5)14(9,12)13/h1-4H,(H2,8,11)(H2,9,12,13). The van der Waals surface area contributed by atoms with Crippen molar-refractivity contribution in [3.05, 3.63) is 30.3 Å². The lowest BCUT2D eigenvalue weighted by atomic mass is 10.2. The summed E-state index contributed by atoms with van der Waals surface area (Å²) in [5, 5.41) is 4.54. The largest absolute Gasteiger partial charge is 0.369 e. The molecule has 0 spiro atoms. The Balaban J connectivity index is 3.08. The predicted octanol–water partition coefficient (Wildman–Crippen LogP) is -1.23. The molecular weight excluding hydrogens is 206 g/mol. The summed E-state index contributed by atoms with van der Waals surface area (Å²) in [6.45, 7) is 0. The summed E-state index contributed by atoms with van der Waals surface area (Å²) >= 11 is 0. The first-order chi connectivity index (χ1) is 6.39. The van der Waals surface area contributed by atoms with Crippen molar-refractivity contribution in [2.24, 2.45) is 10.9 Å². The van der Waals surface area contributed by atoms with Gasteiger partial charge in [0.1, 0.15) is 0 Å². The van der Waals surface area contributed by atoms with Crippen molar-refractivity contribution in [3.63, 3.8) is 0 Å². The maximum absolute atomic E-state index is 10.9. The fourth-order valence-corrected chi connectivity index (χ4v) is 1.34. The van der Waals surface area contributed by atoms with Gasteiger partial charge in [-0.1, -0.05) is 0 Å². The van der Waals surface area contributed by atoms with Crippen LogP contribution in [0.3, 0.4) is 0 Å². The zero-order chi connectivity index (χ0) is 10.8. The van der Waals surface area contributed by atoms with Crippen molar-refractivity contribution < 1.29 is 13.2 Å². The number of sulfonamides is 1. The first kappa shape index (κ1) is 10.6. The van der Waals surface area contributed by atoms with Crippen molar-refractivity contribution in [1.82, 2.24) is 4.98 Å². The number of rotatable bonds is 3. The van der Waals surface area contributed by atoms with Crippen LogP contribution in [0.15, 0.2) is 23.4 Å². The molecule has 0 bridgehead atoms. The van der Waals surface area contributed by atoms with E-state index in [0.717, 1.165) is 6.42 Å². The Bertz CT molecular complexity index is 455. The highest BCUT2D eigenvalue weighted by Crippen LogP contribution is 2.07. The number of primary sulfonamides is 1. The molecule has 1 radical (unpaired) electrons.